The molecule has 0 heterocycles. The van der Waals surface area contributed by atoms with E-state index in [0.29, 0.717) is 20.9 Å². The molecule has 0 aliphatic carbocycles. The SMILES string of the molecule is Cc1cc(C(=O)CBr)cc(Br)c1O. The van der Waals surface area contributed by atoms with Gasteiger partial charge in [-0.3, -0.25) is 4.79 Å². The van der Waals surface area contributed by atoms with Crippen molar-refractivity contribution in [1.82, 2.24) is 0 Å². The zero-order chi connectivity index (χ0) is 10.0. The van der Waals surface area contributed by atoms with E-state index in [1.165, 1.54) is 0 Å². The van der Waals surface area contributed by atoms with Crippen molar-refractivity contribution in [3.63, 3.8) is 0 Å². The number of aromatic hydroxyl groups is 1. The Morgan fingerprint density at radius 2 is 2.15 bits per heavy atom. The van der Waals surface area contributed by atoms with Crippen LogP contribution < -0.4 is 0 Å². The summed E-state index contributed by atoms with van der Waals surface area (Å²) < 4.78 is 0.553. The van der Waals surface area contributed by atoms with Crippen LogP contribution in [0, 0.1) is 6.92 Å². The second-order valence-corrected chi connectivity index (χ2v) is 4.10. The van der Waals surface area contributed by atoms with Crippen molar-refractivity contribution in [2.24, 2.45) is 0 Å². The van der Waals surface area contributed by atoms with Gasteiger partial charge >= 0.3 is 0 Å². The second kappa shape index (κ2) is 4.24. The first-order chi connectivity index (χ1) is 6.06. The number of aryl methyl sites for hydroxylation is 1. The molecule has 1 aromatic carbocycles. The summed E-state index contributed by atoms with van der Waals surface area (Å²) in [6.07, 6.45) is 0. The quantitative estimate of drug-likeness (QED) is 0.673. The molecule has 0 saturated heterocycles. The second-order valence-electron chi connectivity index (χ2n) is 2.68. The molecule has 0 saturated carbocycles. The first-order valence-corrected chi connectivity index (χ1v) is 5.56. The van der Waals surface area contributed by atoms with Crippen molar-refractivity contribution in [3.8, 4) is 5.75 Å². The number of rotatable bonds is 2. The van der Waals surface area contributed by atoms with Gasteiger partial charge in [-0.1, -0.05) is 15.9 Å². The van der Waals surface area contributed by atoms with Gasteiger partial charge in [0.25, 0.3) is 0 Å². The Hall–Kier alpha value is -0.350. The number of halogens is 2. The summed E-state index contributed by atoms with van der Waals surface area (Å²) in [5.74, 6) is 0.190. The molecule has 2 nitrogen and oxygen atoms in total. The monoisotopic (exact) mass is 306 g/mol. The molecule has 4 heteroatoms. The fourth-order valence-corrected chi connectivity index (χ4v) is 1.86. The smallest absolute Gasteiger partial charge is 0.173 e. The molecule has 0 unspecified atom stereocenters. The minimum Gasteiger partial charge on any atom is -0.506 e. The molecule has 70 valence electrons. The minimum absolute atomic E-state index is 0.00352. The lowest BCUT2D eigenvalue weighted by Gasteiger charge is -2.04. The number of carbonyl (C=O) groups is 1. The largest absolute Gasteiger partial charge is 0.506 e. The van der Waals surface area contributed by atoms with Crippen LogP contribution in [0.15, 0.2) is 16.6 Å². The number of hydrogen-bond acceptors (Lipinski definition) is 2. The van der Waals surface area contributed by atoms with E-state index in [9.17, 15) is 9.90 Å². The molecular formula is C9H8Br2O2. The van der Waals surface area contributed by atoms with Crippen molar-refractivity contribution >= 4 is 37.6 Å². The minimum atomic E-state index is 0.00352. The Morgan fingerprint density at radius 1 is 1.54 bits per heavy atom. The molecule has 0 radical (unpaired) electrons. The predicted molar refractivity (Wildman–Crippen MR) is 58.7 cm³/mol. The van der Waals surface area contributed by atoms with E-state index in [2.05, 4.69) is 31.9 Å². The van der Waals surface area contributed by atoms with Crippen LogP contribution in [0.3, 0.4) is 0 Å². The third-order valence-electron chi connectivity index (χ3n) is 1.70. The number of carbonyl (C=O) groups excluding carboxylic acids is 1. The van der Waals surface area contributed by atoms with Gasteiger partial charge in [-0.2, -0.15) is 0 Å². The summed E-state index contributed by atoms with van der Waals surface area (Å²) in [7, 11) is 0. The van der Waals surface area contributed by atoms with Gasteiger partial charge in [0.1, 0.15) is 5.75 Å². The van der Waals surface area contributed by atoms with Crippen LogP contribution in [-0.2, 0) is 0 Å². The summed E-state index contributed by atoms with van der Waals surface area (Å²) in [6.45, 7) is 1.76. The number of phenols is 1. The van der Waals surface area contributed by atoms with E-state index < -0.39 is 0 Å². The molecule has 0 atom stereocenters. The summed E-state index contributed by atoms with van der Waals surface area (Å²) in [5, 5.41) is 9.71. The maximum Gasteiger partial charge on any atom is 0.173 e. The van der Waals surface area contributed by atoms with Gasteiger partial charge in [0.15, 0.2) is 5.78 Å². The predicted octanol–water partition coefficient (Wildman–Crippen LogP) is 3.04. The first kappa shape index (κ1) is 10.7. The lowest BCUT2D eigenvalue weighted by Crippen LogP contribution is -2.00. The van der Waals surface area contributed by atoms with Crippen molar-refractivity contribution in [1.29, 1.82) is 0 Å². The fraction of sp³-hybridized carbons (Fsp3) is 0.222. The normalized spacial score (nSPS) is 10.1. The van der Waals surface area contributed by atoms with Crippen LogP contribution >= 0.6 is 31.9 Å². The maximum atomic E-state index is 11.3. The lowest BCUT2D eigenvalue weighted by molar-refractivity contribution is 0.102. The third kappa shape index (κ3) is 2.31. The molecule has 0 amide bonds. The zero-order valence-electron chi connectivity index (χ0n) is 6.97. The highest BCUT2D eigenvalue weighted by Gasteiger charge is 2.09. The third-order valence-corrected chi connectivity index (χ3v) is 2.81. The van der Waals surface area contributed by atoms with Gasteiger partial charge in [0, 0.05) is 5.56 Å². The zero-order valence-corrected chi connectivity index (χ0v) is 10.1. The molecule has 0 aliphatic heterocycles. The van der Waals surface area contributed by atoms with Gasteiger partial charge in [-0.15, -0.1) is 0 Å². The number of Topliss-reactive ketones (excluding diaryl/α,β-unsaturated/α-hetero) is 1. The van der Waals surface area contributed by atoms with Gasteiger partial charge in [-0.25, -0.2) is 0 Å². The summed E-state index contributed by atoms with van der Waals surface area (Å²) in [6, 6.07) is 3.29. The van der Waals surface area contributed by atoms with Crippen molar-refractivity contribution in [2.75, 3.05) is 5.33 Å². The van der Waals surface area contributed by atoms with E-state index in [1.807, 2.05) is 0 Å². The average molecular weight is 308 g/mol. The topological polar surface area (TPSA) is 37.3 Å². The highest BCUT2D eigenvalue weighted by molar-refractivity contribution is 9.10. The van der Waals surface area contributed by atoms with E-state index in [-0.39, 0.29) is 11.5 Å². The van der Waals surface area contributed by atoms with Gasteiger partial charge in [0.05, 0.1) is 9.80 Å². The van der Waals surface area contributed by atoms with Gasteiger partial charge in [0.2, 0.25) is 0 Å². The Kier molecular flexibility index (Phi) is 3.50. The lowest BCUT2D eigenvalue weighted by atomic mass is 10.1. The molecule has 0 aliphatic rings. The molecule has 1 rings (SSSR count). The molecule has 13 heavy (non-hydrogen) atoms. The average Bonchev–Trinajstić information content (AvgIpc) is 2.12. The molecule has 1 N–H and O–H groups in total. The molecule has 0 fully saturated rings. The van der Waals surface area contributed by atoms with Gasteiger partial charge < -0.3 is 5.11 Å². The highest BCUT2D eigenvalue weighted by Crippen LogP contribution is 2.28. The van der Waals surface area contributed by atoms with Crippen LogP contribution in [0.5, 0.6) is 5.75 Å². The number of hydrogen-bond donors (Lipinski definition) is 1. The van der Waals surface area contributed by atoms with Crippen molar-refractivity contribution < 1.29 is 9.90 Å². The Bertz CT molecular complexity index is 324. The van der Waals surface area contributed by atoms with Crippen LogP contribution in [0.1, 0.15) is 15.9 Å². The first-order valence-electron chi connectivity index (χ1n) is 3.64. The molecule has 0 bridgehead atoms. The van der Waals surface area contributed by atoms with Crippen LogP contribution in [0.2, 0.25) is 0 Å². The molecule has 1 aromatic rings. The van der Waals surface area contributed by atoms with Crippen LogP contribution in [-0.4, -0.2) is 16.2 Å². The standard InChI is InChI=1S/C9H8Br2O2/c1-5-2-6(8(12)4-10)3-7(11)9(5)13/h2-3,13H,4H2,1H3. The number of ketones is 1. The summed E-state index contributed by atoms with van der Waals surface area (Å²) >= 11 is 6.27. The molecule has 0 aromatic heterocycles. The fourth-order valence-electron chi connectivity index (χ4n) is 0.975. The number of alkyl halides is 1. The molecule has 0 spiro atoms. The number of phenolic OH excluding ortho intramolecular Hbond substituents is 1. The Labute approximate surface area is 93.2 Å². The van der Waals surface area contributed by atoms with E-state index >= 15 is 0 Å². The van der Waals surface area contributed by atoms with E-state index in [1.54, 1.807) is 19.1 Å². The van der Waals surface area contributed by atoms with Crippen molar-refractivity contribution in [2.45, 2.75) is 6.92 Å². The van der Waals surface area contributed by atoms with Crippen molar-refractivity contribution in [3.05, 3.63) is 27.7 Å². The Morgan fingerprint density at radius 3 is 2.62 bits per heavy atom. The van der Waals surface area contributed by atoms with Gasteiger partial charge in [-0.05, 0) is 40.5 Å². The molecular weight excluding hydrogens is 300 g/mol. The number of benzene rings is 1. The summed E-state index contributed by atoms with van der Waals surface area (Å²) in [4.78, 5) is 11.3. The summed E-state index contributed by atoms with van der Waals surface area (Å²) in [5.41, 5.74) is 1.29. The Balaban J connectivity index is 3.20. The van der Waals surface area contributed by atoms with Crippen LogP contribution in [0.4, 0.5) is 0 Å². The van der Waals surface area contributed by atoms with Crippen LogP contribution in [0.25, 0.3) is 0 Å². The highest BCUT2D eigenvalue weighted by atomic mass is 79.9. The van der Waals surface area contributed by atoms with E-state index in [0.717, 1.165) is 0 Å². The van der Waals surface area contributed by atoms with E-state index in [4.69, 9.17) is 0 Å². The maximum absolute atomic E-state index is 11.3.